The molecule has 0 aliphatic heterocycles. The summed E-state index contributed by atoms with van der Waals surface area (Å²) in [6.45, 7) is 8.04. The molecule has 3 heteroatoms. The van der Waals surface area contributed by atoms with E-state index in [1.165, 1.54) is 39.2 Å². The van der Waals surface area contributed by atoms with Gasteiger partial charge >= 0.3 is 0 Å². The van der Waals surface area contributed by atoms with E-state index in [0.29, 0.717) is 5.41 Å². The fraction of sp³-hybridized carbons (Fsp3) is 0.588. The van der Waals surface area contributed by atoms with Crippen LogP contribution < -0.4 is 5.32 Å². The first kappa shape index (κ1) is 14.0. The van der Waals surface area contributed by atoms with Crippen LogP contribution in [0.25, 0.3) is 10.2 Å². The Morgan fingerprint density at radius 2 is 2.15 bits per heavy atom. The first-order valence-corrected chi connectivity index (χ1v) is 8.35. The Kier molecular flexibility index (Phi) is 3.59. The Morgan fingerprint density at radius 3 is 2.85 bits per heavy atom. The zero-order valence-corrected chi connectivity index (χ0v) is 13.7. The van der Waals surface area contributed by atoms with Crippen LogP contribution in [0.5, 0.6) is 0 Å². The van der Waals surface area contributed by atoms with Gasteiger partial charge in [-0.25, -0.2) is 4.98 Å². The Hall–Kier alpha value is -0.930. The van der Waals surface area contributed by atoms with Crippen molar-refractivity contribution in [2.24, 2.45) is 11.3 Å². The molecule has 20 heavy (non-hydrogen) atoms. The van der Waals surface area contributed by atoms with Crippen LogP contribution in [-0.2, 0) is 19.4 Å². The van der Waals surface area contributed by atoms with Gasteiger partial charge in [0.05, 0.1) is 0 Å². The number of aryl methyl sites for hydroxylation is 1. The molecular weight excluding hydrogens is 264 g/mol. The van der Waals surface area contributed by atoms with Crippen molar-refractivity contribution in [2.45, 2.75) is 46.6 Å². The van der Waals surface area contributed by atoms with Crippen molar-refractivity contribution >= 4 is 21.6 Å². The lowest BCUT2D eigenvalue weighted by molar-refractivity contribution is 0.215. The number of nitrogens with one attached hydrogen (secondary N) is 1. The van der Waals surface area contributed by atoms with E-state index < -0.39 is 0 Å². The second kappa shape index (κ2) is 5.12. The van der Waals surface area contributed by atoms with Gasteiger partial charge in [0.15, 0.2) is 0 Å². The maximum Gasteiger partial charge on any atom is 0.123 e. The normalized spacial score (nSPS) is 19.3. The lowest BCUT2D eigenvalue weighted by Crippen LogP contribution is -2.27. The van der Waals surface area contributed by atoms with E-state index >= 15 is 0 Å². The molecule has 0 fully saturated rings. The van der Waals surface area contributed by atoms with Gasteiger partial charge in [0.1, 0.15) is 4.83 Å². The van der Waals surface area contributed by atoms with Crippen LogP contribution in [0.1, 0.15) is 43.3 Å². The van der Waals surface area contributed by atoms with Crippen molar-refractivity contribution in [1.29, 1.82) is 0 Å². The predicted octanol–water partition coefficient (Wildman–Crippen LogP) is 4.17. The average Bonchev–Trinajstić information content (AvgIpc) is 2.75. The molecule has 1 atom stereocenters. The van der Waals surface area contributed by atoms with Crippen molar-refractivity contribution in [3.63, 3.8) is 0 Å². The van der Waals surface area contributed by atoms with Gasteiger partial charge in [-0.05, 0) is 55.3 Å². The molecule has 1 aliphatic carbocycles. The SMILES string of the molecule is CNCc1cc2cc3c(nc2s1)CCC(C(C)(C)C)C3. The molecule has 2 nitrogen and oxygen atoms in total. The molecule has 0 aromatic carbocycles. The Labute approximate surface area is 125 Å². The minimum absolute atomic E-state index is 0.401. The third-order valence-electron chi connectivity index (χ3n) is 4.50. The third kappa shape index (κ3) is 2.61. The molecule has 1 N–H and O–H groups in total. The highest BCUT2D eigenvalue weighted by Crippen LogP contribution is 2.38. The second-order valence-corrected chi connectivity index (χ2v) is 8.15. The molecule has 108 valence electrons. The van der Waals surface area contributed by atoms with E-state index in [1.54, 1.807) is 0 Å². The van der Waals surface area contributed by atoms with Crippen LogP contribution in [0.2, 0.25) is 0 Å². The van der Waals surface area contributed by atoms with Crippen molar-refractivity contribution in [3.8, 4) is 0 Å². The van der Waals surface area contributed by atoms with Gasteiger partial charge in [0.25, 0.3) is 0 Å². The van der Waals surface area contributed by atoms with E-state index in [-0.39, 0.29) is 0 Å². The summed E-state index contributed by atoms with van der Waals surface area (Å²) in [5, 5.41) is 4.55. The van der Waals surface area contributed by atoms with E-state index in [9.17, 15) is 0 Å². The van der Waals surface area contributed by atoms with Crippen LogP contribution in [0.3, 0.4) is 0 Å². The number of rotatable bonds is 2. The Morgan fingerprint density at radius 1 is 1.35 bits per heavy atom. The molecule has 2 aromatic rings. The smallest absolute Gasteiger partial charge is 0.123 e. The van der Waals surface area contributed by atoms with Crippen molar-refractivity contribution in [2.75, 3.05) is 7.05 Å². The maximum atomic E-state index is 4.93. The summed E-state index contributed by atoms with van der Waals surface area (Å²) < 4.78 is 0. The summed E-state index contributed by atoms with van der Waals surface area (Å²) in [6, 6.07) is 4.69. The number of hydrogen-bond donors (Lipinski definition) is 1. The number of fused-ring (bicyclic) bond motifs is 2. The van der Waals surface area contributed by atoms with Crippen LogP contribution in [0.15, 0.2) is 12.1 Å². The summed E-state index contributed by atoms with van der Waals surface area (Å²) >= 11 is 1.83. The molecule has 1 aliphatic rings. The third-order valence-corrected chi connectivity index (χ3v) is 5.54. The standard InChI is InChI=1S/C17H24N2S/c1-17(2,3)13-5-6-15-11(8-13)7-12-9-14(10-18-4)20-16(12)19-15/h7,9,13,18H,5-6,8,10H2,1-4H3. The highest BCUT2D eigenvalue weighted by molar-refractivity contribution is 7.18. The fourth-order valence-corrected chi connectivity index (χ4v) is 4.22. The second-order valence-electron chi connectivity index (χ2n) is 7.04. The summed E-state index contributed by atoms with van der Waals surface area (Å²) in [6.07, 6.45) is 3.62. The van der Waals surface area contributed by atoms with E-state index in [2.05, 4.69) is 38.2 Å². The largest absolute Gasteiger partial charge is 0.315 e. The van der Waals surface area contributed by atoms with Gasteiger partial charge in [-0.15, -0.1) is 11.3 Å². The number of thiophene rings is 1. The van der Waals surface area contributed by atoms with E-state index in [4.69, 9.17) is 4.98 Å². The molecule has 0 amide bonds. The monoisotopic (exact) mass is 288 g/mol. The topological polar surface area (TPSA) is 24.9 Å². The first-order chi connectivity index (χ1) is 9.47. The summed E-state index contributed by atoms with van der Waals surface area (Å²) in [4.78, 5) is 7.52. The number of pyridine rings is 1. The minimum Gasteiger partial charge on any atom is -0.315 e. The zero-order chi connectivity index (χ0) is 14.3. The van der Waals surface area contributed by atoms with Crippen molar-refractivity contribution in [1.82, 2.24) is 10.3 Å². The number of aromatic nitrogens is 1. The average molecular weight is 288 g/mol. The van der Waals surface area contributed by atoms with Crippen molar-refractivity contribution in [3.05, 3.63) is 28.3 Å². The van der Waals surface area contributed by atoms with Crippen molar-refractivity contribution < 1.29 is 0 Å². The minimum atomic E-state index is 0.401. The molecular formula is C17H24N2S. The molecule has 0 radical (unpaired) electrons. The van der Waals surface area contributed by atoms with Gasteiger partial charge in [-0.2, -0.15) is 0 Å². The van der Waals surface area contributed by atoms with Gasteiger partial charge in [0.2, 0.25) is 0 Å². The van der Waals surface area contributed by atoms with Crippen LogP contribution in [-0.4, -0.2) is 12.0 Å². The van der Waals surface area contributed by atoms with Gasteiger partial charge in [-0.1, -0.05) is 20.8 Å². The number of hydrogen-bond acceptors (Lipinski definition) is 3. The molecule has 0 saturated heterocycles. The number of nitrogens with zero attached hydrogens (tertiary/aromatic N) is 1. The first-order valence-electron chi connectivity index (χ1n) is 7.53. The zero-order valence-electron chi connectivity index (χ0n) is 12.9. The van der Waals surface area contributed by atoms with Crippen LogP contribution in [0, 0.1) is 11.3 Å². The van der Waals surface area contributed by atoms with Crippen LogP contribution in [0.4, 0.5) is 0 Å². The molecule has 1 unspecified atom stereocenters. The molecule has 3 rings (SSSR count). The summed E-state index contributed by atoms with van der Waals surface area (Å²) in [5.74, 6) is 0.782. The van der Waals surface area contributed by atoms with Gasteiger partial charge in [0, 0.05) is 22.5 Å². The molecule has 0 spiro atoms. The predicted molar refractivity (Wildman–Crippen MR) is 87.4 cm³/mol. The fourth-order valence-electron chi connectivity index (χ4n) is 3.18. The van der Waals surface area contributed by atoms with E-state index in [1.807, 2.05) is 18.4 Å². The molecule has 2 aromatic heterocycles. The molecule has 2 heterocycles. The summed E-state index contributed by atoms with van der Waals surface area (Å²) in [5.41, 5.74) is 3.23. The lowest BCUT2D eigenvalue weighted by atomic mass is 9.71. The molecule has 0 saturated carbocycles. The highest BCUT2D eigenvalue weighted by Gasteiger charge is 2.29. The van der Waals surface area contributed by atoms with Crippen LogP contribution >= 0.6 is 11.3 Å². The summed E-state index contributed by atoms with van der Waals surface area (Å²) in [7, 11) is 2.00. The Balaban J connectivity index is 1.96. The maximum absolute atomic E-state index is 4.93. The quantitative estimate of drug-likeness (QED) is 0.897. The van der Waals surface area contributed by atoms with Gasteiger partial charge < -0.3 is 5.32 Å². The highest BCUT2D eigenvalue weighted by atomic mass is 32.1. The molecule has 0 bridgehead atoms. The lowest BCUT2D eigenvalue weighted by Gasteiger charge is -2.34. The van der Waals surface area contributed by atoms with E-state index in [0.717, 1.165) is 18.9 Å². The Bertz CT molecular complexity index is 622. The van der Waals surface area contributed by atoms with Gasteiger partial charge in [-0.3, -0.25) is 0 Å².